The molecule has 0 aliphatic carbocycles. The molecule has 0 saturated carbocycles. The van der Waals surface area contributed by atoms with E-state index in [0.29, 0.717) is 12.0 Å². The van der Waals surface area contributed by atoms with Crippen molar-refractivity contribution in [3.05, 3.63) is 77.5 Å². The Bertz CT molecular complexity index is 1060. The minimum Gasteiger partial charge on any atom is -0.461 e. The number of benzene rings is 2. The first-order valence-corrected chi connectivity index (χ1v) is 10.2. The third-order valence-electron chi connectivity index (χ3n) is 4.98. The van der Waals surface area contributed by atoms with E-state index in [4.69, 9.17) is 4.74 Å². The van der Waals surface area contributed by atoms with Gasteiger partial charge in [0, 0.05) is 24.7 Å². The van der Waals surface area contributed by atoms with Crippen molar-refractivity contribution in [1.29, 1.82) is 0 Å². The fraction of sp³-hybridized carbons (Fsp3) is 0.292. The Morgan fingerprint density at radius 2 is 1.94 bits per heavy atom. The number of ether oxygens (including phenoxy) is 1. The maximum atomic E-state index is 14.3. The predicted molar refractivity (Wildman–Crippen MR) is 116 cm³/mol. The summed E-state index contributed by atoms with van der Waals surface area (Å²) in [7, 11) is 1.83. The molecule has 0 fully saturated rings. The van der Waals surface area contributed by atoms with Crippen LogP contribution in [0.5, 0.6) is 0 Å². The van der Waals surface area contributed by atoms with Crippen molar-refractivity contribution in [3.8, 4) is 11.3 Å². The molecule has 0 bridgehead atoms. The Balaban J connectivity index is 1.63. The van der Waals surface area contributed by atoms with Gasteiger partial charge >= 0.3 is 5.97 Å². The Kier molecular flexibility index (Phi) is 7.18. The Hall–Kier alpha value is -3.48. The molecule has 0 aliphatic rings. The largest absolute Gasteiger partial charge is 0.461 e. The summed E-state index contributed by atoms with van der Waals surface area (Å²) in [6, 6.07) is 13.6. The van der Waals surface area contributed by atoms with Gasteiger partial charge < -0.3 is 14.6 Å². The molecule has 6 nitrogen and oxygen atoms in total. The highest BCUT2D eigenvalue weighted by Gasteiger charge is 2.18. The zero-order chi connectivity index (χ0) is 22.4. The summed E-state index contributed by atoms with van der Waals surface area (Å²) in [5, 5.41) is 2.69. The van der Waals surface area contributed by atoms with Crippen LogP contribution < -0.4 is 5.32 Å². The summed E-state index contributed by atoms with van der Waals surface area (Å²) < 4.78 is 21.4. The smallest absolute Gasteiger partial charge is 0.310 e. The highest BCUT2D eigenvalue weighted by Crippen LogP contribution is 2.25. The molecule has 31 heavy (non-hydrogen) atoms. The number of amides is 1. The molecule has 1 aromatic heterocycles. The number of halogens is 1. The van der Waals surface area contributed by atoms with E-state index in [9.17, 15) is 14.0 Å². The molecule has 2 aromatic carbocycles. The lowest BCUT2D eigenvalue weighted by Gasteiger charge is -2.13. The van der Waals surface area contributed by atoms with E-state index in [1.165, 1.54) is 12.1 Å². The first-order valence-electron chi connectivity index (χ1n) is 10.2. The maximum Gasteiger partial charge on any atom is 0.310 e. The van der Waals surface area contributed by atoms with Gasteiger partial charge in [0.25, 0.3) is 5.91 Å². The van der Waals surface area contributed by atoms with Crippen molar-refractivity contribution in [2.45, 2.75) is 26.9 Å². The highest BCUT2D eigenvalue weighted by molar-refractivity contribution is 5.95. The van der Waals surface area contributed by atoms with Crippen LogP contribution in [-0.2, 0) is 29.6 Å². The molecule has 0 radical (unpaired) electrons. The van der Waals surface area contributed by atoms with Gasteiger partial charge in [0.1, 0.15) is 12.4 Å². The van der Waals surface area contributed by atoms with Crippen molar-refractivity contribution in [3.63, 3.8) is 0 Å². The summed E-state index contributed by atoms with van der Waals surface area (Å²) in [6.45, 7) is 3.91. The quantitative estimate of drug-likeness (QED) is 0.558. The van der Waals surface area contributed by atoms with Crippen LogP contribution in [-0.4, -0.2) is 28.0 Å². The monoisotopic (exact) mass is 423 g/mol. The van der Waals surface area contributed by atoms with Crippen molar-refractivity contribution in [2.75, 3.05) is 6.54 Å². The molecule has 0 unspecified atom stereocenters. The third-order valence-corrected chi connectivity index (χ3v) is 4.98. The molecule has 1 amide bonds. The van der Waals surface area contributed by atoms with Gasteiger partial charge in [0.15, 0.2) is 0 Å². The second kappa shape index (κ2) is 10.0. The number of carbonyl (C=O) groups excluding carboxylic acids is 2. The van der Waals surface area contributed by atoms with Crippen LogP contribution >= 0.6 is 0 Å². The van der Waals surface area contributed by atoms with Crippen LogP contribution in [0.4, 0.5) is 4.39 Å². The first-order chi connectivity index (χ1) is 14.9. The van der Waals surface area contributed by atoms with E-state index >= 15 is 0 Å². The van der Waals surface area contributed by atoms with Gasteiger partial charge in [0.2, 0.25) is 0 Å². The van der Waals surface area contributed by atoms with Crippen LogP contribution in [0.1, 0.15) is 35.5 Å². The molecule has 3 aromatic rings. The number of carbonyl (C=O) groups is 2. The molecule has 162 valence electrons. The molecule has 7 heteroatoms. The van der Waals surface area contributed by atoms with E-state index in [1.54, 1.807) is 23.9 Å². The predicted octanol–water partition coefficient (Wildman–Crippen LogP) is 3.90. The number of nitrogens with one attached hydrogen (secondary N) is 1. The van der Waals surface area contributed by atoms with Crippen LogP contribution in [0.2, 0.25) is 0 Å². The number of imidazole rings is 1. The summed E-state index contributed by atoms with van der Waals surface area (Å²) >= 11 is 0. The molecule has 1 heterocycles. The van der Waals surface area contributed by atoms with Crippen molar-refractivity contribution in [1.82, 2.24) is 14.9 Å². The topological polar surface area (TPSA) is 73.2 Å². The van der Waals surface area contributed by atoms with E-state index in [1.807, 2.05) is 44.3 Å². The van der Waals surface area contributed by atoms with Crippen molar-refractivity contribution < 1.29 is 18.7 Å². The van der Waals surface area contributed by atoms with Crippen LogP contribution in [0.25, 0.3) is 11.3 Å². The summed E-state index contributed by atoms with van der Waals surface area (Å²) in [6.07, 6.45) is 2.36. The normalized spacial score (nSPS) is 11.7. The van der Waals surface area contributed by atoms with Crippen LogP contribution in [0.15, 0.2) is 54.9 Å². The van der Waals surface area contributed by atoms with Gasteiger partial charge in [-0.15, -0.1) is 0 Å². The number of hydrogen-bond donors (Lipinski definition) is 1. The third kappa shape index (κ3) is 5.57. The fourth-order valence-corrected chi connectivity index (χ4v) is 3.27. The zero-order valence-electron chi connectivity index (χ0n) is 17.9. The summed E-state index contributed by atoms with van der Waals surface area (Å²) in [5.41, 5.74) is 3.25. The first kappa shape index (κ1) is 22.2. The lowest BCUT2D eigenvalue weighted by molar-refractivity contribution is -0.149. The number of hydrogen-bond acceptors (Lipinski definition) is 4. The SMILES string of the molecule is CCc1ncn(C)c1-c1cc(F)cc(C(=O)NC[C@@H](C)C(=O)OCc2ccccc2)c1. The van der Waals surface area contributed by atoms with Crippen molar-refractivity contribution >= 4 is 11.9 Å². The van der Waals surface area contributed by atoms with E-state index in [0.717, 1.165) is 17.0 Å². The standard InChI is InChI=1S/C24H26FN3O3/c1-4-21-22(28(3)15-27-21)18-10-19(12-20(25)11-18)23(29)26-13-16(2)24(30)31-14-17-8-6-5-7-9-17/h5-12,15-16H,4,13-14H2,1-3H3,(H,26,29)/t16-/m1/s1. The summed E-state index contributed by atoms with van der Waals surface area (Å²) in [5.74, 6) is -1.92. The number of rotatable bonds is 8. The van der Waals surface area contributed by atoms with E-state index < -0.39 is 23.6 Å². The molecule has 1 N–H and O–H groups in total. The fourth-order valence-electron chi connectivity index (χ4n) is 3.27. The molecule has 1 atom stereocenters. The van der Waals surface area contributed by atoms with Gasteiger partial charge in [-0.2, -0.15) is 0 Å². The Morgan fingerprint density at radius 1 is 1.19 bits per heavy atom. The van der Waals surface area contributed by atoms with Gasteiger partial charge in [-0.05, 0) is 30.2 Å². The van der Waals surface area contributed by atoms with Gasteiger partial charge in [0.05, 0.1) is 23.6 Å². The van der Waals surface area contributed by atoms with Gasteiger partial charge in [-0.1, -0.05) is 44.2 Å². The van der Waals surface area contributed by atoms with Crippen LogP contribution in [0.3, 0.4) is 0 Å². The Labute approximate surface area is 181 Å². The van der Waals surface area contributed by atoms with E-state index in [-0.39, 0.29) is 18.7 Å². The number of aryl methyl sites for hydroxylation is 2. The highest BCUT2D eigenvalue weighted by atomic mass is 19.1. The maximum absolute atomic E-state index is 14.3. The molecule has 0 aliphatic heterocycles. The minimum atomic E-state index is -0.538. The second-order valence-corrected chi connectivity index (χ2v) is 7.44. The summed E-state index contributed by atoms with van der Waals surface area (Å²) in [4.78, 5) is 29.1. The number of esters is 1. The van der Waals surface area contributed by atoms with Crippen molar-refractivity contribution in [2.24, 2.45) is 13.0 Å². The molecular weight excluding hydrogens is 397 g/mol. The number of aromatic nitrogens is 2. The second-order valence-electron chi connectivity index (χ2n) is 7.44. The van der Waals surface area contributed by atoms with Crippen LogP contribution in [0, 0.1) is 11.7 Å². The van der Waals surface area contributed by atoms with Gasteiger partial charge in [-0.25, -0.2) is 9.37 Å². The Morgan fingerprint density at radius 3 is 2.65 bits per heavy atom. The average Bonchev–Trinajstić information content (AvgIpc) is 3.16. The number of nitrogens with zero attached hydrogens (tertiary/aromatic N) is 2. The lowest BCUT2D eigenvalue weighted by Crippen LogP contribution is -2.32. The molecule has 3 rings (SSSR count). The van der Waals surface area contributed by atoms with Gasteiger partial charge in [-0.3, -0.25) is 9.59 Å². The molecule has 0 saturated heterocycles. The molecule has 0 spiro atoms. The lowest BCUT2D eigenvalue weighted by atomic mass is 10.0. The molecular formula is C24H26FN3O3. The average molecular weight is 423 g/mol. The minimum absolute atomic E-state index is 0.0875. The van der Waals surface area contributed by atoms with E-state index in [2.05, 4.69) is 10.3 Å². The zero-order valence-corrected chi connectivity index (χ0v) is 17.9.